The van der Waals surface area contributed by atoms with Gasteiger partial charge in [-0.3, -0.25) is 34.6 Å². The lowest BCUT2D eigenvalue weighted by Crippen LogP contribution is -2.55. The van der Waals surface area contributed by atoms with Gasteiger partial charge in [0.15, 0.2) is 0 Å². The van der Waals surface area contributed by atoms with Crippen LogP contribution in [0.2, 0.25) is 0 Å². The third kappa shape index (κ3) is 6.12. The number of ketones is 1. The number of carbonyl (C=O) groups is 3. The molecule has 2 aromatic carbocycles. The van der Waals surface area contributed by atoms with Crippen LogP contribution in [0.5, 0.6) is 0 Å². The molecule has 6 atom stereocenters. The molecule has 0 amide bonds. The van der Waals surface area contributed by atoms with Crippen molar-refractivity contribution < 1.29 is 34.4 Å². The number of hydrogen-bond acceptors (Lipinski definition) is 7. The Morgan fingerprint density at radius 2 is 1.14 bits per heavy atom. The standard InChI is InChI=1S/C29H30Cl2N2O9/c30-19-7-9-28(15-25(34)35,23(13-19)17-3-1-5-21(11-17)32(39)40)27(38)29(16-26(36)37)10-8-20(31)14-24(29)18-4-2-6-22(12-18)33(41)42/h1-6,11-12,19-20,23-24H,7-10,13-16H2,(H,34,35)(H,36,37). The van der Waals surface area contributed by atoms with Crippen molar-refractivity contribution >= 4 is 52.3 Å². The van der Waals surface area contributed by atoms with Crippen LogP contribution in [0.3, 0.4) is 0 Å². The highest BCUT2D eigenvalue weighted by Crippen LogP contribution is 2.61. The van der Waals surface area contributed by atoms with Crippen molar-refractivity contribution in [2.45, 2.75) is 74.0 Å². The highest BCUT2D eigenvalue weighted by atomic mass is 35.5. The summed E-state index contributed by atoms with van der Waals surface area (Å²) >= 11 is 13.1. The minimum atomic E-state index is -1.65. The van der Waals surface area contributed by atoms with Crippen LogP contribution < -0.4 is 0 Å². The summed E-state index contributed by atoms with van der Waals surface area (Å²) in [6.07, 6.45) is -0.412. The van der Waals surface area contributed by atoms with Crippen LogP contribution in [-0.4, -0.2) is 48.5 Å². The molecule has 0 spiro atoms. The van der Waals surface area contributed by atoms with Gasteiger partial charge in [-0.25, -0.2) is 0 Å². The first-order chi connectivity index (χ1) is 19.8. The van der Waals surface area contributed by atoms with E-state index in [1.54, 1.807) is 12.1 Å². The molecule has 2 aliphatic carbocycles. The fourth-order valence-electron chi connectivity index (χ4n) is 7.16. The second kappa shape index (κ2) is 12.3. The zero-order valence-corrected chi connectivity index (χ0v) is 24.0. The van der Waals surface area contributed by atoms with E-state index in [-0.39, 0.29) is 49.9 Å². The predicted octanol–water partition coefficient (Wildman–Crippen LogP) is 6.44. The maximum absolute atomic E-state index is 15.2. The molecule has 2 aliphatic rings. The molecule has 4 rings (SSSR count). The molecule has 11 nitrogen and oxygen atoms in total. The highest BCUT2D eigenvalue weighted by molar-refractivity contribution is 6.21. The fraction of sp³-hybridized carbons (Fsp3) is 0.483. The lowest BCUT2D eigenvalue weighted by atomic mass is 9.49. The summed E-state index contributed by atoms with van der Waals surface area (Å²) in [6.45, 7) is 0. The lowest BCUT2D eigenvalue weighted by Gasteiger charge is -2.52. The number of nitro groups is 2. The van der Waals surface area contributed by atoms with Gasteiger partial charge in [-0.1, -0.05) is 24.3 Å². The molecule has 2 fully saturated rings. The zero-order valence-electron chi connectivity index (χ0n) is 22.5. The van der Waals surface area contributed by atoms with Gasteiger partial charge in [0.2, 0.25) is 0 Å². The molecular weight excluding hydrogens is 591 g/mol. The largest absolute Gasteiger partial charge is 0.481 e. The van der Waals surface area contributed by atoms with E-state index in [4.69, 9.17) is 23.2 Å². The highest BCUT2D eigenvalue weighted by Gasteiger charge is 2.61. The second-order valence-corrected chi connectivity index (χ2v) is 12.6. The number of non-ortho nitro benzene ring substituents is 2. The Morgan fingerprint density at radius 1 is 0.762 bits per heavy atom. The number of carbonyl (C=O) groups excluding carboxylic acids is 1. The summed E-state index contributed by atoms with van der Waals surface area (Å²) in [6, 6.07) is 11.3. The minimum Gasteiger partial charge on any atom is -0.481 e. The zero-order chi connectivity index (χ0) is 30.8. The Bertz CT molecular complexity index is 1320. The number of carboxylic acids is 2. The molecule has 42 heavy (non-hydrogen) atoms. The summed E-state index contributed by atoms with van der Waals surface area (Å²) in [5, 5.41) is 42.5. The monoisotopic (exact) mass is 620 g/mol. The fourth-order valence-corrected chi connectivity index (χ4v) is 7.73. The van der Waals surface area contributed by atoms with Gasteiger partial charge in [0.1, 0.15) is 5.78 Å². The summed E-state index contributed by atoms with van der Waals surface area (Å²) in [5.41, 5.74) is -3.04. The molecule has 0 heterocycles. The van der Waals surface area contributed by atoms with Crippen LogP contribution in [0.4, 0.5) is 11.4 Å². The smallest absolute Gasteiger partial charge is 0.304 e. The lowest BCUT2D eigenvalue weighted by molar-refractivity contribution is -0.385. The molecule has 0 bridgehead atoms. The van der Waals surface area contributed by atoms with E-state index in [1.807, 2.05) is 0 Å². The molecule has 224 valence electrons. The number of nitro benzene ring substituents is 2. The van der Waals surface area contributed by atoms with Crippen LogP contribution in [0, 0.1) is 31.1 Å². The Kier molecular flexibility index (Phi) is 9.22. The third-order valence-electron chi connectivity index (χ3n) is 8.93. The van der Waals surface area contributed by atoms with Crippen molar-refractivity contribution in [3.05, 3.63) is 79.9 Å². The average molecular weight is 621 g/mol. The molecule has 6 unspecified atom stereocenters. The van der Waals surface area contributed by atoms with Gasteiger partial charge in [0, 0.05) is 45.8 Å². The average Bonchev–Trinajstić information content (AvgIpc) is 2.94. The van der Waals surface area contributed by atoms with Crippen molar-refractivity contribution in [2.75, 3.05) is 0 Å². The summed E-state index contributed by atoms with van der Waals surface area (Å²) in [5.74, 6) is -4.87. The van der Waals surface area contributed by atoms with Crippen molar-refractivity contribution in [3.63, 3.8) is 0 Å². The van der Waals surface area contributed by atoms with Crippen molar-refractivity contribution in [1.82, 2.24) is 0 Å². The Labute approximate surface area is 251 Å². The van der Waals surface area contributed by atoms with E-state index in [1.165, 1.54) is 36.4 Å². The minimum absolute atomic E-state index is 0.0208. The summed E-state index contributed by atoms with van der Waals surface area (Å²) in [4.78, 5) is 62.1. The first kappa shape index (κ1) is 31.4. The van der Waals surface area contributed by atoms with Gasteiger partial charge < -0.3 is 10.2 Å². The van der Waals surface area contributed by atoms with Crippen LogP contribution >= 0.6 is 23.2 Å². The van der Waals surface area contributed by atoms with Gasteiger partial charge in [-0.15, -0.1) is 23.2 Å². The quantitative estimate of drug-likeness (QED) is 0.171. The SMILES string of the molecule is O=C(O)CC1(C(=O)C2(CC(=O)O)CCC(Cl)CC2c2cccc([N+](=O)[O-])c2)CCC(Cl)CC1c1cccc([N+](=O)[O-])c1. The molecule has 0 aromatic heterocycles. The number of carboxylic acid groups (broad SMARTS) is 2. The molecule has 0 radical (unpaired) electrons. The number of benzene rings is 2. The number of halogens is 2. The van der Waals surface area contributed by atoms with Gasteiger partial charge in [-0.2, -0.15) is 0 Å². The second-order valence-electron chi connectivity index (χ2n) is 11.3. The summed E-state index contributed by atoms with van der Waals surface area (Å²) < 4.78 is 0. The molecule has 2 saturated carbocycles. The first-order valence-corrected chi connectivity index (χ1v) is 14.4. The topological polar surface area (TPSA) is 178 Å². The number of hydrogen-bond donors (Lipinski definition) is 2. The maximum atomic E-state index is 15.2. The molecule has 2 aromatic rings. The van der Waals surface area contributed by atoms with Gasteiger partial charge in [0.25, 0.3) is 11.4 Å². The van der Waals surface area contributed by atoms with Crippen LogP contribution in [0.1, 0.15) is 74.3 Å². The number of Topliss-reactive ketones (excluding diaryl/α,β-unsaturated/α-hetero) is 1. The van der Waals surface area contributed by atoms with E-state index in [9.17, 15) is 40.0 Å². The van der Waals surface area contributed by atoms with E-state index in [0.29, 0.717) is 11.1 Å². The van der Waals surface area contributed by atoms with Crippen LogP contribution in [0.25, 0.3) is 0 Å². The summed E-state index contributed by atoms with van der Waals surface area (Å²) in [7, 11) is 0. The number of nitrogens with zero attached hydrogens (tertiary/aromatic N) is 2. The normalized spacial score (nSPS) is 29.4. The Morgan fingerprint density at radius 3 is 1.48 bits per heavy atom. The molecule has 0 saturated heterocycles. The third-order valence-corrected chi connectivity index (χ3v) is 9.72. The molecule has 0 aliphatic heterocycles. The van der Waals surface area contributed by atoms with Crippen molar-refractivity contribution in [2.24, 2.45) is 10.8 Å². The first-order valence-electron chi connectivity index (χ1n) is 13.5. The van der Waals surface area contributed by atoms with E-state index in [2.05, 4.69) is 0 Å². The molecular formula is C29H30Cl2N2O9. The Balaban J connectivity index is 1.96. The van der Waals surface area contributed by atoms with Crippen molar-refractivity contribution in [1.29, 1.82) is 0 Å². The Hall–Kier alpha value is -3.57. The van der Waals surface area contributed by atoms with Crippen LogP contribution in [-0.2, 0) is 14.4 Å². The van der Waals surface area contributed by atoms with E-state index < -0.39 is 73.8 Å². The van der Waals surface area contributed by atoms with Crippen molar-refractivity contribution in [3.8, 4) is 0 Å². The van der Waals surface area contributed by atoms with Gasteiger partial charge >= 0.3 is 11.9 Å². The molecule has 2 N–H and O–H groups in total. The van der Waals surface area contributed by atoms with E-state index >= 15 is 4.79 Å². The maximum Gasteiger partial charge on any atom is 0.304 e. The predicted molar refractivity (Wildman–Crippen MR) is 153 cm³/mol. The van der Waals surface area contributed by atoms with E-state index in [0.717, 1.165) is 0 Å². The van der Waals surface area contributed by atoms with Gasteiger partial charge in [0.05, 0.1) is 22.7 Å². The van der Waals surface area contributed by atoms with Crippen LogP contribution in [0.15, 0.2) is 48.5 Å². The number of alkyl halides is 2. The van der Waals surface area contributed by atoms with Gasteiger partial charge in [-0.05, 0) is 61.5 Å². The number of rotatable bonds is 10. The number of aliphatic carboxylic acids is 2. The molecule has 13 heteroatoms.